The first-order valence-corrected chi connectivity index (χ1v) is 4.86. The molecule has 1 N–H and O–H groups in total. The molecule has 7 heteroatoms. The summed E-state index contributed by atoms with van der Waals surface area (Å²) >= 11 is 0. The average molecular weight is 247 g/mol. The van der Waals surface area contributed by atoms with Crippen molar-refractivity contribution in [3.8, 4) is 0 Å². The molecule has 0 saturated carbocycles. The first-order chi connectivity index (χ1) is 7.40. The zero-order chi connectivity index (χ0) is 12.6. The van der Waals surface area contributed by atoms with E-state index in [0.29, 0.717) is 13.2 Å². The van der Waals surface area contributed by atoms with Crippen molar-refractivity contribution in [2.45, 2.75) is 25.3 Å². The van der Waals surface area contributed by atoms with Crippen LogP contribution in [0.3, 0.4) is 0 Å². The van der Waals surface area contributed by atoms with Crippen molar-refractivity contribution < 1.29 is 27.0 Å². The van der Waals surface area contributed by atoms with Crippen molar-refractivity contribution in [3.05, 3.63) is 0 Å². The van der Waals surface area contributed by atoms with Gasteiger partial charge < -0.3 is 14.8 Å². The van der Waals surface area contributed by atoms with E-state index in [1.165, 1.54) is 7.11 Å². The van der Waals surface area contributed by atoms with Gasteiger partial charge in [-0.3, -0.25) is 0 Å². The highest BCUT2D eigenvalue weighted by atomic mass is 19.3. The van der Waals surface area contributed by atoms with Gasteiger partial charge in [0, 0.05) is 19.7 Å². The third-order valence-electron chi connectivity index (χ3n) is 1.77. The summed E-state index contributed by atoms with van der Waals surface area (Å²) < 4.78 is 57.3. The quantitative estimate of drug-likeness (QED) is 0.495. The van der Waals surface area contributed by atoms with E-state index in [1.54, 1.807) is 0 Å². The second kappa shape index (κ2) is 7.81. The Kier molecular flexibility index (Phi) is 7.61. The molecule has 3 nitrogen and oxygen atoms in total. The molecule has 0 aromatic rings. The van der Waals surface area contributed by atoms with Gasteiger partial charge in [-0.1, -0.05) is 0 Å². The topological polar surface area (TPSA) is 30.5 Å². The summed E-state index contributed by atoms with van der Waals surface area (Å²) in [5, 5.41) is 2.92. The number of alkyl halides is 4. The standard InChI is InChI=1S/C9H17F4NO2/c1-7(5-15-2)14-3-4-16-6-9(12,13)8(10)11/h7-8,14H,3-6H2,1-2H3. The molecule has 0 aliphatic carbocycles. The number of halogens is 4. The van der Waals surface area contributed by atoms with E-state index in [9.17, 15) is 17.6 Å². The summed E-state index contributed by atoms with van der Waals surface area (Å²) in [4.78, 5) is 0. The Labute approximate surface area is 92.1 Å². The number of rotatable bonds is 9. The van der Waals surface area contributed by atoms with Gasteiger partial charge in [-0.2, -0.15) is 8.78 Å². The van der Waals surface area contributed by atoms with Gasteiger partial charge in [-0.25, -0.2) is 8.78 Å². The summed E-state index contributed by atoms with van der Waals surface area (Å²) in [6.07, 6.45) is -3.69. The van der Waals surface area contributed by atoms with Gasteiger partial charge in [0.15, 0.2) is 0 Å². The van der Waals surface area contributed by atoms with Crippen LogP contribution in [0.5, 0.6) is 0 Å². The van der Waals surface area contributed by atoms with E-state index < -0.39 is 19.0 Å². The molecule has 0 aliphatic heterocycles. The Morgan fingerprint density at radius 2 is 1.94 bits per heavy atom. The number of hydrogen-bond acceptors (Lipinski definition) is 3. The lowest BCUT2D eigenvalue weighted by molar-refractivity contribution is -0.165. The molecule has 0 spiro atoms. The van der Waals surface area contributed by atoms with E-state index in [1.807, 2.05) is 6.92 Å². The fourth-order valence-electron chi connectivity index (χ4n) is 0.958. The molecule has 0 bridgehead atoms. The van der Waals surface area contributed by atoms with Gasteiger partial charge in [0.1, 0.15) is 6.61 Å². The lowest BCUT2D eigenvalue weighted by Crippen LogP contribution is -2.36. The Morgan fingerprint density at radius 1 is 1.31 bits per heavy atom. The van der Waals surface area contributed by atoms with Crippen LogP contribution in [0, 0.1) is 0 Å². The molecule has 0 amide bonds. The maximum Gasteiger partial charge on any atom is 0.330 e. The predicted molar refractivity (Wildman–Crippen MR) is 51.1 cm³/mol. The Balaban J connectivity index is 3.47. The number of methoxy groups -OCH3 is 1. The van der Waals surface area contributed by atoms with Crippen LogP contribution in [0.1, 0.15) is 6.92 Å². The zero-order valence-electron chi connectivity index (χ0n) is 9.31. The van der Waals surface area contributed by atoms with Gasteiger partial charge in [0.25, 0.3) is 0 Å². The van der Waals surface area contributed by atoms with Crippen LogP contribution in [-0.4, -0.2) is 51.9 Å². The first kappa shape index (κ1) is 15.6. The maximum atomic E-state index is 12.3. The van der Waals surface area contributed by atoms with Gasteiger partial charge in [0.2, 0.25) is 0 Å². The number of ether oxygens (including phenoxy) is 2. The molecule has 0 aromatic carbocycles. The summed E-state index contributed by atoms with van der Waals surface area (Å²) in [6.45, 7) is 1.33. The third-order valence-corrected chi connectivity index (χ3v) is 1.77. The Hall–Kier alpha value is -0.400. The highest BCUT2D eigenvalue weighted by Crippen LogP contribution is 2.22. The number of nitrogens with one attached hydrogen (secondary N) is 1. The van der Waals surface area contributed by atoms with Crippen molar-refractivity contribution in [2.75, 3.05) is 33.5 Å². The summed E-state index contributed by atoms with van der Waals surface area (Å²) in [5.41, 5.74) is 0. The van der Waals surface area contributed by atoms with Crippen LogP contribution in [0.4, 0.5) is 17.6 Å². The predicted octanol–water partition coefficient (Wildman–Crippen LogP) is 1.53. The van der Waals surface area contributed by atoms with Crippen LogP contribution in [-0.2, 0) is 9.47 Å². The maximum absolute atomic E-state index is 12.3. The first-order valence-electron chi connectivity index (χ1n) is 4.86. The minimum Gasteiger partial charge on any atom is -0.383 e. The monoisotopic (exact) mass is 247 g/mol. The summed E-state index contributed by atoms with van der Waals surface area (Å²) in [6, 6.07) is 0.0595. The second-order valence-electron chi connectivity index (χ2n) is 3.42. The molecule has 98 valence electrons. The normalized spacial score (nSPS) is 14.4. The van der Waals surface area contributed by atoms with E-state index in [0.717, 1.165) is 0 Å². The highest BCUT2D eigenvalue weighted by Gasteiger charge is 2.40. The Bertz CT molecular complexity index is 181. The largest absolute Gasteiger partial charge is 0.383 e. The molecule has 0 fully saturated rings. The fourth-order valence-corrected chi connectivity index (χ4v) is 0.958. The molecular formula is C9H17F4NO2. The van der Waals surface area contributed by atoms with Crippen molar-refractivity contribution >= 4 is 0 Å². The molecule has 0 heterocycles. The van der Waals surface area contributed by atoms with Crippen molar-refractivity contribution in [1.29, 1.82) is 0 Å². The molecule has 0 aromatic heterocycles. The van der Waals surface area contributed by atoms with Crippen LogP contribution in [0.25, 0.3) is 0 Å². The van der Waals surface area contributed by atoms with E-state index in [4.69, 9.17) is 4.74 Å². The molecule has 1 atom stereocenters. The summed E-state index contributed by atoms with van der Waals surface area (Å²) in [7, 11) is 1.54. The van der Waals surface area contributed by atoms with Gasteiger partial charge in [-0.05, 0) is 6.92 Å². The minimum atomic E-state index is -4.07. The second-order valence-corrected chi connectivity index (χ2v) is 3.42. The molecule has 16 heavy (non-hydrogen) atoms. The lowest BCUT2D eigenvalue weighted by atomic mass is 10.3. The van der Waals surface area contributed by atoms with Gasteiger partial charge >= 0.3 is 12.3 Å². The van der Waals surface area contributed by atoms with Crippen LogP contribution in [0.15, 0.2) is 0 Å². The molecular weight excluding hydrogens is 230 g/mol. The summed E-state index contributed by atoms with van der Waals surface area (Å²) in [5.74, 6) is -4.07. The smallest absolute Gasteiger partial charge is 0.330 e. The minimum absolute atomic E-state index is 0.0453. The van der Waals surface area contributed by atoms with Crippen LogP contribution < -0.4 is 5.32 Å². The van der Waals surface area contributed by atoms with E-state index >= 15 is 0 Å². The molecule has 1 unspecified atom stereocenters. The molecule has 0 radical (unpaired) electrons. The lowest BCUT2D eigenvalue weighted by Gasteiger charge is -2.16. The molecule has 0 aliphatic rings. The average Bonchev–Trinajstić information content (AvgIpc) is 2.17. The fraction of sp³-hybridized carbons (Fsp3) is 1.00. The van der Waals surface area contributed by atoms with Crippen molar-refractivity contribution in [2.24, 2.45) is 0 Å². The number of hydrogen-bond donors (Lipinski definition) is 1. The van der Waals surface area contributed by atoms with E-state index in [2.05, 4.69) is 10.1 Å². The highest BCUT2D eigenvalue weighted by molar-refractivity contribution is 4.68. The van der Waals surface area contributed by atoms with Gasteiger partial charge in [0.05, 0.1) is 13.2 Å². The SMILES string of the molecule is COCC(C)NCCOCC(F)(F)C(F)F. The Morgan fingerprint density at radius 3 is 2.44 bits per heavy atom. The van der Waals surface area contributed by atoms with Crippen molar-refractivity contribution in [3.63, 3.8) is 0 Å². The third kappa shape index (κ3) is 6.97. The van der Waals surface area contributed by atoms with Crippen LogP contribution >= 0.6 is 0 Å². The van der Waals surface area contributed by atoms with Crippen molar-refractivity contribution in [1.82, 2.24) is 5.32 Å². The molecule has 0 saturated heterocycles. The van der Waals surface area contributed by atoms with Crippen LogP contribution in [0.2, 0.25) is 0 Å². The van der Waals surface area contributed by atoms with Gasteiger partial charge in [-0.15, -0.1) is 0 Å². The zero-order valence-corrected chi connectivity index (χ0v) is 9.31. The molecule has 0 rings (SSSR count). The van der Waals surface area contributed by atoms with E-state index in [-0.39, 0.29) is 12.6 Å².